The van der Waals surface area contributed by atoms with Gasteiger partial charge in [-0.3, -0.25) is 4.79 Å². The third kappa shape index (κ3) is 4.94. The number of carbonyl (C=O) groups excluding carboxylic acids is 2. The average Bonchev–Trinajstić information content (AvgIpc) is 2.78. The molecule has 3 rings (SSSR count). The van der Waals surface area contributed by atoms with E-state index in [4.69, 9.17) is 0 Å². The zero-order valence-electron chi connectivity index (χ0n) is 17.1. The smallest absolute Gasteiger partial charge is 0.417 e. The maximum atomic E-state index is 13.3. The summed E-state index contributed by atoms with van der Waals surface area (Å²) in [5.74, 6) is -1.59. The molecule has 0 saturated carbocycles. The Morgan fingerprint density at radius 1 is 1.03 bits per heavy atom. The van der Waals surface area contributed by atoms with E-state index in [1.807, 2.05) is 0 Å². The number of piperidine rings is 1. The third-order valence-corrected chi connectivity index (χ3v) is 7.18. The van der Waals surface area contributed by atoms with Crippen LogP contribution in [-0.4, -0.2) is 44.8 Å². The highest BCUT2D eigenvalue weighted by molar-refractivity contribution is 7.89. The molecule has 1 aliphatic heterocycles. The number of rotatable bonds is 5. The van der Waals surface area contributed by atoms with Crippen LogP contribution in [0.5, 0.6) is 0 Å². The number of nitrogens with zero attached hydrogens (tertiary/aromatic N) is 1. The predicted octanol–water partition coefficient (Wildman–Crippen LogP) is 3.53. The first-order chi connectivity index (χ1) is 15.1. The van der Waals surface area contributed by atoms with Crippen molar-refractivity contribution in [3.63, 3.8) is 0 Å². The Kier molecular flexibility index (Phi) is 6.89. The largest absolute Gasteiger partial charge is 0.465 e. The van der Waals surface area contributed by atoms with Crippen molar-refractivity contribution in [3.05, 3.63) is 59.7 Å². The Bertz CT molecular complexity index is 1110. The van der Waals surface area contributed by atoms with Crippen LogP contribution in [0.4, 0.5) is 18.9 Å². The summed E-state index contributed by atoms with van der Waals surface area (Å²) in [4.78, 5) is 23.7. The summed E-state index contributed by atoms with van der Waals surface area (Å²) in [6.45, 7) is -0.212. The summed E-state index contributed by atoms with van der Waals surface area (Å²) < 4.78 is 71.1. The lowest BCUT2D eigenvalue weighted by Gasteiger charge is -2.31. The molecule has 7 nitrogen and oxygen atoms in total. The van der Waals surface area contributed by atoms with Crippen LogP contribution in [0.15, 0.2) is 53.4 Å². The average molecular weight is 470 g/mol. The first kappa shape index (κ1) is 23.7. The molecule has 1 aliphatic rings. The fourth-order valence-corrected chi connectivity index (χ4v) is 5.22. The van der Waals surface area contributed by atoms with Crippen LogP contribution < -0.4 is 5.32 Å². The van der Waals surface area contributed by atoms with Crippen molar-refractivity contribution in [1.29, 1.82) is 0 Å². The molecule has 1 fully saturated rings. The number of sulfonamides is 1. The molecule has 32 heavy (non-hydrogen) atoms. The fraction of sp³-hybridized carbons (Fsp3) is 0.333. The van der Waals surface area contributed by atoms with Crippen molar-refractivity contribution in [2.24, 2.45) is 5.92 Å². The van der Waals surface area contributed by atoms with Gasteiger partial charge in [-0.1, -0.05) is 24.3 Å². The monoisotopic (exact) mass is 470 g/mol. The Morgan fingerprint density at radius 3 is 2.25 bits per heavy atom. The van der Waals surface area contributed by atoms with E-state index in [2.05, 4.69) is 10.1 Å². The van der Waals surface area contributed by atoms with Crippen LogP contribution in [0.25, 0.3) is 0 Å². The number of carbonyl (C=O) groups is 2. The number of methoxy groups -OCH3 is 1. The number of amides is 1. The van der Waals surface area contributed by atoms with Crippen molar-refractivity contribution in [2.75, 3.05) is 25.5 Å². The summed E-state index contributed by atoms with van der Waals surface area (Å²) in [5.41, 5.74) is -0.787. The minimum Gasteiger partial charge on any atom is -0.465 e. The van der Waals surface area contributed by atoms with Gasteiger partial charge in [-0.25, -0.2) is 13.2 Å². The molecule has 0 aromatic heterocycles. The molecule has 1 saturated heterocycles. The minimum atomic E-state index is -4.81. The summed E-state index contributed by atoms with van der Waals surface area (Å²) in [7, 11) is -3.17. The Labute approximate surface area is 183 Å². The number of para-hydroxylation sites is 1. The van der Waals surface area contributed by atoms with Gasteiger partial charge in [0.1, 0.15) is 0 Å². The van der Waals surface area contributed by atoms with Gasteiger partial charge in [-0.05, 0) is 37.1 Å². The van der Waals surface area contributed by atoms with Crippen LogP contribution in [-0.2, 0) is 25.7 Å². The number of alkyl halides is 3. The lowest BCUT2D eigenvalue weighted by atomic mass is 9.97. The second-order valence-corrected chi connectivity index (χ2v) is 9.11. The zero-order valence-corrected chi connectivity index (χ0v) is 17.9. The number of halogens is 3. The summed E-state index contributed by atoms with van der Waals surface area (Å²) in [5, 5.41) is 2.65. The van der Waals surface area contributed by atoms with E-state index in [9.17, 15) is 31.2 Å². The molecule has 0 atom stereocenters. The molecule has 2 aromatic carbocycles. The molecule has 2 aromatic rings. The lowest BCUT2D eigenvalue weighted by Crippen LogP contribution is -2.42. The van der Waals surface area contributed by atoms with Crippen LogP contribution in [0.2, 0.25) is 0 Å². The number of hydrogen-bond acceptors (Lipinski definition) is 5. The van der Waals surface area contributed by atoms with Crippen molar-refractivity contribution < 1.29 is 35.9 Å². The first-order valence-corrected chi connectivity index (χ1v) is 11.1. The van der Waals surface area contributed by atoms with Gasteiger partial charge in [0, 0.05) is 19.0 Å². The van der Waals surface area contributed by atoms with Gasteiger partial charge in [0.15, 0.2) is 0 Å². The molecule has 0 unspecified atom stereocenters. The van der Waals surface area contributed by atoms with Gasteiger partial charge in [0.05, 0.1) is 28.8 Å². The van der Waals surface area contributed by atoms with E-state index in [0.29, 0.717) is 0 Å². The van der Waals surface area contributed by atoms with Crippen LogP contribution in [0.1, 0.15) is 28.8 Å². The molecule has 1 heterocycles. The first-order valence-electron chi connectivity index (χ1n) is 9.70. The van der Waals surface area contributed by atoms with E-state index in [0.717, 1.165) is 22.5 Å². The van der Waals surface area contributed by atoms with Gasteiger partial charge in [-0.2, -0.15) is 17.5 Å². The number of hydrogen-bond donors (Lipinski definition) is 1. The highest BCUT2D eigenvalue weighted by Crippen LogP contribution is 2.36. The second kappa shape index (κ2) is 9.29. The third-order valence-electron chi connectivity index (χ3n) is 5.23. The molecule has 0 bridgehead atoms. The van der Waals surface area contributed by atoms with Crippen molar-refractivity contribution >= 4 is 27.6 Å². The van der Waals surface area contributed by atoms with Gasteiger partial charge in [0.2, 0.25) is 15.9 Å². The van der Waals surface area contributed by atoms with E-state index < -0.39 is 44.5 Å². The highest BCUT2D eigenvalue weighted by Gasteiger charge is 2.40. The number of nitrogens with one attached hydrogen (secondary N) is 1. The van der Waals surface area contributed by atoms with Gasteiger partial charge < -0.3 is 10.1 Å². The highest BCUT2D eigenvalue weighted by atomic mass is 32.2. The Morgan fingerprint density at radius 2 is 1.62 bits per heavy atom. The molecule has 1 amide bonds. The number of ether oxygens (including phenoxy) is 1. The SMILES string of the molecule is COC(=O)c1ccccc1NC(=O)C1CCN(S(=O)(=O)c2ccccc2C(F)(F)F)CC1. The standard InChI is InChI=1S/C21H21F3N2O5S/c1-31-20(28)15-6-2-4-8-17(15)25-19(27)14-10-12-26(13-11-14)32(29,30)18-9-5-3-7-16(18)21(22,23)24/h2-9,14H,10-13H2,1H3,(H,25,27). The molecular formula is C21H21F3N2O5S. The van der Waals surface area contributed by atoms with Crippen LogP contribution in [0, 0.1) is 5.92 Å². The van der Waals surface area contributed by atoms with E-state index in [1.54, 1.807) is 12.1 Å². The number of benzene rings is 2. The minimum absolute atomic E-state index is 0.106. The predicted molar refractivity (Wildman–Crippen MR) is 109 cm³/mol. The van der Waals surface area contributed by atoms with Gasteiger partial charge in [0.25, 0.3) is 0 Å². The zero-order chi connectivity index (χ0) is 23.5. The summed E-state index contributed by atoms with van der Waals surface area (Å²) in [6, 6.07) is 10.3. The normalized spacial score (nSPS) is 15.9. The van der Waals surface area contributed by atoms with Crippen molar-refractivity contribution in [2.45, 2.75) is 23.9 Å². The molecule has 0 aliphatic carbocycles. The maximum absolute atomic E-state index is 13.3. The molecule has 11 heteroatoms. The maximum Gasteiger partial charge on any atom is 0.417 e. The molecule has 172 valence electrons. The van der Waals surface area contributed by atoms with E-state index in [-0.39, 0.29) is 37.2 Å². The summed E-state index contributed by atoms with van der Waals surface area (Å²) in [6.07, 6.45) is -4.56. The number of anilines is 1. The fourth-order valence-electron chi connectivity index (χ4n) is 3.54. The van der Waals surface area contributed by atoms with Gasteiger partial charge >= 0.3 is 12.1 Å². The molecular weight excluding hydrogens is 449 g/mol. The van der Waals surface area contributed by atoms with Crippen LogP contribution >= 0.6 is 0 Å². The van der Waals surface area contributed by atoms with Crippen LogP contribution in [0.3, 0.4) is 0 Å². The van der Waals surface area contributed by atoms with E-state index in [1.165, 1.54) is 25.3 Å². The van der Waals surface area contributed by atoms with E-state index >= 15 is 0 Å². The molecule has 0 spiro atoms. The lowest BCUT2D eigenvalue weighted by molar-refractivity contribution is -0.139. The second-order valence-electron chi connectivity index (χ2n) is 7.20. The number of esters is 1. The molecule has 1 N–H and O–H groups in total. The quantitative estimate of drug-likeness (QED) is 0.675. The topological polar surface area (TPSA) is 92.8 Å². The summed E-state index contributed by atoms with van der Waals surface area (Å²) >= 11 is 0. The van der Waals surface area contributed by atoms with Crippen molar-refractivity contribution in [1.82, 2.24) is 4.31 Å². The molecule has 0 radical (unpaired) electrons. The Hall–Kier alpha value is -2.92. The van der Waals surface area contributed by atoms with Gasteiger partial charge in [-0.15, -0.1) is 0 Å². The van der Waals surface area contributed by atoms with Crippen molar-refractivity contribution in [3.8, 4) is 0 Å². The Balaban J connectivity index is 1.71.